The lowest BCUT2D eigenvalue weighted by Crippen LogP contribution is -2.30. The first-order valence-electron chi connectivity index (χ1n) is 7.52. The van der Waals surface area contributed by atoms with Crippen LogP contribution in [0.3, 0.4) is 0 Å². The van der Waals surface area contributed by atoms with Crippen molar-refractivity contribution >= 4 is 5.91 Å². The standard InChI is InChI=1S/C15H29NO/c1-3-13(4-2)12-16-15(17)11-14-9-7-5-6-8-10-14/h13-14H,3-12H2,1-2H3,(H,16,17). The molecule has 0 aromatic heterocycles. The Morgan fingerprint density at radius 3 is 2.24 bits per heavy atom. The first-order chi connectivity index (χ1) is 8.26. The fourth-order valence-corrected chi connectivity index (χ4v) is 2.74. The van der Waals surface area contributed by atoms with Crippen LogP contribution < -0.4 is 5.32 Å². The molecular formula is C15H29NO. The van der Waals surface area contributed by atoms with Crippen LogP contribution in [-0.4, -0.2) is 12.5 Å². The zero-order valence-corrected chi connectivity index (χ0v) is 11.6. The molecule has 0 aromatic carbocycles. The minimum atomic E-state index is 0.281. The highest BCUT2D eigenvalue weighted by molar-refractivity contribution is 5.76. The van der Waals surface area contributed by atoms with E-state index < -0.39 is 0 Å². The van der Waals surface area contributed by atoms with Crippen LogP contribution in [-0.2, 0) is 4.79 Å². The van der Waals surface area contributed by atoms with Crippen LogP contribution in [0.1, 0.15) is 71.6 Å². The molecule has 1 aliphatic rings. The Hall–Kier alpha value is -0.530. The topological polar surface area (TPSA) is 29.1 Å². The van der Waals surface area contributed by atoms with Crippen LogP contribution in [0.25, 0.3) is 0 Å². The number of carbonyl (C=O) groups is 1. The monoisotopic (exact) mass is 239 g/mol. The summed E-state index contributed by atoms with van der Waals surface area (Å²) in [7, 11) is 0. The summed E-state index contributed by atoms with van der Waals surface area (Å²) in [6.45, 7) is 5.27. The van der Waals surface area contributed by atoms with Gasteiger partial charge in [0.2, 0.25) is 5.91 Å². The van der Waals surface area contributed by atoms with Gasteiger partial charge in [0.15, 0.2) is 0 Å². The van der Waals surface area contributed by atoms with Crippen molar-refractivity contribution in [2.45, 2.75) is 71.6 Å². The zero-order valence-electron chi connectivity index (χ0n) is 11.6. The molecule has 2 heteroatoms. The highest BCUT2D eigenvalue weighted by atomic mass is 16.1. The van der Waals surface area contributed by atoms with Gasteiger partial charge in [0.1, 0.15) is 0 Å². The maximum absolute atomic E-state index is 11.8. The van der Waals surface area contributed by atoms with E-state index in [9.17, 15) is 4.79 Å². The molecule has 100 valence electrons. The van der Waals surface area contributed by atoms with E-state index in [0.29, 0.717) is 11.8 Å². The number of rotatable bonds is 6. The summed E-state index contributed by atoms with van der Waals surface area (Å²) in [5.74, 6) is 1.59. The molecule has 0 aromatic rings. The van der Waals surface area contributed by atoms with E-state index >= 15 is 0 Å². The van der Waals surface area contributed by atoms with E-state index in [4.69, 9.17) is 0 Å². The van der Waals surface area contributed by atoms with E-state index in [-0.39, 0.29) is 5.91 Å². The summed E-state index contributed by atoms with van der Waals surface area (Å²) in [5, 5.41) is 3.11. The Morgan fingerprint density at radius 1 is 1.12 bits per heavy atom. The Bertz CT molecular complexity index is 203. The number of hydrogen-bond acceptors (Lipinski definition) is 1. The van der Waals surface area contributed by atoms with E-state index in [1.54, 1.807) is 0 Å². The van der Waals surface area contributed by atoms with Crippen LogP contribution in [0.5, 0.6) is 0 Å². The van der Waals surface area contributed by atoms with Crippen LogP contribution in [0.4, 0.5) is 0 Å². The van der Waals surface area contributed by atoms with Gasteiger partial charge in [-0.15, -0.1) is 0 Å². The SMILES string of the molecule is CCC(CC)CNC(=O)CC1CCCCCC1. The molecule has 0 bridgehead atoms. The lowest BCUT2D eigenvalue weighted by Gasteiger charge is -2.16. The Morgan fingerprint density at radius 2 is 1.71 bits per heavy atom. The molecule has 0 spiro atoms. The summed E-state index contributed by atoms with van der Waals surface area (Å²) >= 11 is 0. The highest BCUT2D eigenvalue weighted by Gasteiger charge is 2.16. The van der Waals surface area contributed by atoms with Crippen molar-refractivity contribution in [2.24, 2.45) is 11.8 Å². The minimum absolute atomic E-state index is 0.281. The van der Waals surface area contributed by atoms with Gasteiger partial charge in [0.25, 0.3) is 0 Å². The minimum Gasteiger partial charge on any atom is -0.356 e. The summed E-state index contributed by atoms with van der Waals surface area (Å²) in [6, 6.07) is 0. The maximum atomic E-state index is 11.8. The van der Waals surface area contributed by atoms with Crippen LogP contribution in [0.2, 0.25) is 0 Å². The van der Waals surface area contributed by atoms with Gasteiger partial charge in [-0.25, -0.2) is 0 Å². The molecule has 1 fully saturated rings. The van der Waals surface area contributed by atoms with Gasteiger partial charge < -0.3 is 5.32 Å². The molecule has 0 aliphatic heterocycles. The van der Waals surface area contributed by atoms with Crippen LogP contribution in [0, 0.1) is 11.8 Å². The predicted octanol–water partition coefficient (Wildman–Crippen LogP) is 3.90. The second-order valence-corrected chi connectivity index (χ2v) is 5.55. The van der Waals surface area contributed by atoms with Crippen molar-refractivity contribution in [3.63, 3.8) is 0 Å². The Kier molecular flexibility index (Phi) is 7.30. The van der Waals surface area contributed by atoms with Gasteiger partial charge in [0.05, 0.1) is 0 Å². The molecule has 0 saturated heterocycles. The smallest absolute Gasteiger partial charge is 0.220 e. The molecule has 0 atom stereocenters. The Balaban J connectivity index is 2.18. The molecule has 2 nitrogen and oxygen atoms in total. The number of hydrogen-bond donors (Lipinski definition) is 1. The summed E-state index contributed by atoms with van der Waals surface area (Å²) in [4.78, 5) is 11.8. The third-order valence-electron chi connectivity index (χ3n) is 4.19. The number of amides is 1. The molecular weight excluding hydrogens is 210 g/mol. The van der Waals surface area contributed by atoms with Gasteiger partial charge in [-0.3, -0.25) is 4.79 Å². The van der Waals surface area contributed by atoms with Gasteiger partial charge in [-0.05, 0) is 24.7 Å². The second-order valence-electron chi connectivity index (χ2n) is 5.55. The van der Waals surface area contributed by atoms with E-state index in [0.717, 1.165) is 13.0 Å². The first-order valence-corrected chi connectivity index (χ1v) is 7.52. The molecule has 1 N–H and O–H groups in total. The van der Waals surface area contributed by atoms with Crippen molar-refractivity contribution in [3.8, 4) is 0 Å². The lowest BCUT2D eigenvalue weighted by atomic mass is 9.96. The predicted molar refractivity (Wildman–Crippen MR) is 72.9 cm³/mol. The van der Waals surface area contributed by atoms with E-state index in [2.05, 4.69) is 19.2 Å². The summed E-state index contributed by atoms with van der Waals surface area (Å²) in [6.07, 6.45) is 11.0. The van der Waals surface area contributed by atoms with Crippen LogP contribution in [0.15, 0.2) is 0 Å². The molecule has 0 unspecified atom stereocenters. The largest absolute Gasteiger partial charge is 0.356 e. The second kappa shape index (κ2) is 8.54. The lowest BCUT2D eigenvalue weighted by molar-refractivity contribution is -0.122. The number of carbonyl (C=O) groups excluding carboxylic acids is 1. The van der Waals surface area contributed by atoms with Gasteiger partial charge in [0, 0.05) is 13.0 Å². The van der Waals surface area contributed by atoms with Crippen molar-refractivity contribution in [2.75, 3.05) is 6.54 Å². The highest BCUT2D eigenvalue weighted by Crippen LogP contribution is 2.25. The molecule has 1 saturated carbocycles. The number of nitrogens with one attached hydrogen (secondary N) is 1. The van der Waals surface area contributed by atoms with Crippen molar-refractivity contribution in [1.29, 1.82) is 0 Å². The van der Waals surface area contributed by atoms with Crippen molar-refractivity contribution in [3.05, 3.63) is 0 Å². The fourth-order valence-electron chi connectivity index (χ4n) is 2.74. The third-order valence-corrected chi connectivity index (χ3v) is 4.19. The Labute approximate surface area is 107 Å². The average Bonchev–Trinajstić information content (AvgIpc) is 2.59. The van der Waals surface area contributed by atoms with E-state index in [1.807, 2.05) is 0 Å². The normalized spacial score (nSPS) is 18.1. The fraction of sp³-hybridized carbons (Fsp3) is 0.933. The quantitative estimate of drug-likeness (QED) is 0.700. The van der Waals surface area contributed by atoms with Crippen molar-refractivity contribution < 1.29 is 4.79 Å². The molecule has 0 radical (unpaired) electrons. The van der Waals surface area contributed by atoms with E-state index in [1.165, 1.54) is 51.4 Å². The van der Waals surface area contributed by atoms with Gasteiger partial charge >= 0.3 is 0 Å². The average molecular weight is 239 g/mol. The maximum Gasteiger partial charge on any atom is 0.220 e. The molecule has 17 heavy (non-hydrogen) atoms. The van der Waals surface area contributed by atoms with Crippen molar-refractivity contribution in [1.82, 2.24) is 5.32 Å². The zero-order chi connectivity index (χ0) is 12.5. The first kappa shape index (κ1) is 14.5. The summed E-state index contributed by atoms with van der Waals surface area (Å²) < 4.78 is 0. The van der Waals surface area contributed by atoms with Gasteiger partial charge in [-0.1, -0.05) is 52.4 Å². The molecule has 0 heterocycles. The third kappa shape index (κ3) is 6.09. The molecule has 1 rings (SSSR count). The van der Waals surface area contributed by atoms with Gasteiger partial charge in [-0.2, -0.15) is 0 Å². The van der Waals surface area contributed by atoms with Crippen LogP contribution >= 0.6 is 0 Å². The molecule has 1 amide bonds. The molecule has 1 aliphatic carbocycles. The summed E-state index contributed by atoms with van der Waals surface area (Å²) in [5.41, 5.74) is 0.